The zero-order chi connectivity index (χ0) is 17.8. The van der Waals surface area contributed by atoms with Crippen LogP contribution in [0.5, 0.6) is 0 Å². The third kappa shape index (κ3) is 3.99. The van der Waals surface area contributed by atoms with Gasteiger partial charge < -0.3 is 0 Å². The lowest BCUT2D eigenvalue weighted by molar-refractivity contribution is 0.166. The van der Waals surface area contributed by atoms with Crippen molar-refractivity contribution in [3.8, 4) is 11.4 Å². The van der Waals surface area contributed by atoms with Crippen LogP contribution in [0.25, 0.3) is 11.4 Å². The fourth-order valence-corrected chi connectivity index (χ4v) is 3.76. The molecule has 1 aromatic carbocycles. The highest BCUT2D eigenvalue weighted by Gasteiger charge is 2.21. The number of benzene rings is 1. The molecule has 1 saturated heterocycles. The lowest BCUT2D eigenvalue weighted by atomic mass is 9.92. The Kier molecular flexibility index (Phi) is 5.07. The molecule has 0 aliphatic carbocycles. The molecule has 5 heteroatoms. The molecule has 134 valence electrons. The van der Waals surface area contributed by atoms with Gasteiger partial charge in [-0.25, -0.2) is 9.97 Å². The Labute approximate surface area is 154 Å². The van der Waals surface area contributed by atoms with Gasteiger partial charge in [-0.15, -0.1) is 0 Å². The second kappa shape index (κ2) is 7.79. The van der Waals surface area contributed by atoms with Gasteiger partial charge in [0.2, 0.25) is 0 Å². The minimum Gasteiger partial charge on any atom is -0.299 e. The first-order valence-electron chi connectivity index (χ1n) is 9.35. The quantitative estimate of drug-likeness (QED) is 0.766. The molecule has 1 aliphatic heterocycles. The van der Waals surface area contributed by atoms with Crippen LogP contribution in [-0.4, -0.2) is 38.2 Å². The lowest BCUT2D eigenvalue weighted by Crippen LogP contribution is -2.35. The van der Waals surface area contributed by atoms with Gasteiger partial charge in [-0.3, -0.25) is 10.00 Å². The summed E-state index contributed by atoms with van der Waals surface area (Å²) >= 11 is 0. The highest BCUT2D eigenvalue weighted by Crippen LogP contribution is 2.23. The van der Waals surface area contributed by atoms with Gasteiger partial charge in [0.15, 0.2) is 5.82 Å². The van der Waals surface area contributed by atoms with Crippen LogP contribution >= 0.6 is 0 Å². The number of aryl methyl sites for hydroxylation is 1. The monoisotopic (exact) mass is 347 g/mol. The van der Waals surface area contributed by atoms with Crippen molar-refractivity contribution >= 4 is 0 Å². The molecule has 1 N–H and O–H groups in total. The van der Waals surface area contributed by atoms with Crippen LogP contribution in [0, 0.1) is 12.8 Å². The third-order valence-electron chi connectivity index (χ3n) is 5.17. The molecule has 1 atom stereocenters. The van der Waals surface area contributed by atoms with Crippen LogP contribution in [0.2, 0.25) is 0 Å². The lowest BCUT2D eigenvalue weighted by Gasteiger charge is -2.32. The predicted molar refractivity (Wildman–Crippen MR) is 102 cm³/mol. The molecule has 1 aliphatic rings. The number of likely N-dealkylation sites (tertiary alicyclic amines) is 1. The highest BCUT2D eigenvalue weighted by molar-refractivity contribution is 5.53. The van der Waals surface area contributed by atoms with Gasteiger partial charge in [-0.05, 0) is 44.2 Å². The summed E-state index contributed by atoms with van der Waals surface area (Å²) in [5.74, 6) is 1.48. The normalized spacial score (nSPS) is 18.1. The van der Waals surface area contributed by atoms with Gasteiger partial charge in [0.1, 0.15) is 0 Å². The van der Waals surface area contributed by atoms with E-state index in [0.29, 0.717) is 5.92 Å². The molecule has 0 unspecified atom stereocenters. The average Bonchev–Trinajstić information content (AvgIpc) is 3.08. The van der Waals surface area contributed by atoms with Crippen molar-refractivity contribution < 1.29 is 0 Å². The van der Waals surface area contributed by atoms with E-state index in [-0.39, 0.29) is 0 Å². The molecule has 3 heterocycles. The predicted octanol–water partition coefficient (Wildman–Crippen LogP) is 3.63. The Morgan fingerprint density at radius 3 is 2.65 bits per heavy atom. The largest absolute Gasteiger partial charge is 0.299 e. The molecule has 3 aromatic rings. The van der Waals surface area contributed by atoms with E-state index in [1.165, 1.54) is 29.7 Å². The first-order chi connectivity index (χ1) is 12.8. The van der Waals surface area contributed by atoms with E-state index >= 15 is 0 Å². The van der Waals surface area contributed by atoms with Crippen molar-refractivity contribution in [1.82, 2.24) is 25.1 Å². The smallest absolute Gasteiger partial charge is 0.159 e. The summed E-state index contributed by atoms with van der Waals surface area (Å²) in [6, 6.07) is 10.1. The number of hydrogen-bond acceptors (Lipinski definition) is 4. The van der Waals surface area contributed by atoms with Crippen molar-refractivity contribution in [2.45, 2.75) is 32.7 Å². The van der Waals surface area contributed by atoms with E-state index in [2.05, 4.69) is 32.0 Å². The highest BCUT2D eigenvalue weighted by atomic mass is 15.1. The molecule has 0 saturated carbocycles. The van der Waals surface area contributed by atoms with Crippen LogP contribution in [0.1, 0.15) is 29.7 Å². The summed E-state index contributed by atoms with van der Waals surface area (Å²) in [5.41, 5.74) is 4.80. The van der Waals surface area contributed by atoms with Crippen molar-refractivity contribution in [2.24, 2.45) is 5.92 Å². The summed E-state index contributed by atoms with van der Waals surface area (Å²) in [5, 5.41) is 7.30. The van der Waals surface area contributed by atoms with Gasteiger partial charge >= 0.3 is 0 Å². The van der Waals surface area contributed by atoms with Crippen molar-refractivity contribution in [3.05, 3.63) is 65.7 Å². The maximum absolute atomic E-state index is 4.55. The van der Waals surface area contributed by atoms with Gasteiger partial charge in [0, 0.05) is 42.3 Å². The van der Waals surface area contributed by atoms with Gasteiger partial charge in [0.05, 0.1) is 6.20 Å². The average molecular weight is 347 g/mol. The molecule has 1 fully saturated rings. The zero-order valence-electron chi connectivity index (χ0n) is 15.2. The van der Waals surface area contributed by atoms with E-state index in [0.717, 1.165) is 37.4 Å². The van der Waals surface area contributed by atoms with Gasteiger partial charge in [-0.2, -0.15) is 5.10 Å². The molecule has 5 nitrogen and oxygen atoms in total. The number of rotatable bonds is 5. The van der Waals surface area contributed by atoms with E-state index < -0.39 is 0 Å². The van der Waals surface area contributed by atoms with Crippen LogP contribution < -0.4 is 0 Å². The van der Waals surface area contributed by atoms with Gasteiger partial charge in [-0.1, -0.05) is 30.3 Å². The standard InChI is InChI=1S/C21H25N5/c1-16-11-24-25-20(16)10-17-6-5-9-26(14-17)15-18-12-22-21(23-13-18)19-7-3-2-4-8-19/h2-4,7-8,11-13,17H,5-6,9-10,14-15H2,1H3,(H,24,25)/t17-/m0/s1. The second-order valence-corrected chi connectivity index (χ2v) is 7.26. The van der Waals surface area contributed by atoms with Crippen LogP contribution in [0.15, 0.2) is 48.9 Å². The van der Waals surface area contributed by atoms with E-state index in [1.807, 2.05) is 48.9 Å². The van der Waals surface area contributed by atoms with Crippen molar-refractivity contribution in [2.75, 3.05) is 13.1 Å². The molecule has 0 bridgehead atoms. The number of H-pyrrole nitrogens is 1. The number of piperidine rings is 1. The Hall–Kier alpha value is -2.53. The summed E-state index contributed by atoms with van der Waals surface area (Å²) in [4.78, 5) is 11.6. The number of aromatic amines is 1. The fraction of sp³-hybridized carbons (Fsp3) is 0.381. The summed E-state index contributed by atoms with van der Waals surface area (Å²) in [7, 11) is 0. The first kappa shape index (κ1) is 16.9. The zero-order valence-corrected chi connectivity index (χ0v) is 15.2. The molecule has 0 spiro atoms. The number of aromatic nitrogens is 4. The fourth-order valence-electron chi connectivity index (χ4n) is 3.76. The SMILES string of the molecule is Cc1cn[nH]c1C[C@@H]1CCCN(Cc2cnc(-c3ccccc3)nc2)C1. The van der Waals surface area contributed by atoms with Crippen LogP contribution in [-0.2, 0) is 13.0 Å². The Morgan fingerprint density at radius 2 is 1.92 bits per heavy atom. The molecule has 0 radical (unpaired) electrons. The second-order valence-electron chi connectivity index (χ2n) is 7.26. The van der Waals surface area contributed by atoms with Crippen molar-refractivity contribution in [3.63, 3.8) is 0 Å². The summed E-state index contributed by atoms with van der Waals surface area (Å²) in [6.07, 6.45) is 9.49. The van der Waals surface area contributed by atoms with Crippen LogP contribution in [0.4, 0.5) is 0 Å². The summed E-state index contributed by atoms with van der Waals surface area (Å²) < 4.78 is 0. The van der Waals surface area contributed by atoms with Crippen LogP contribution in [0.3, 0.4) is 0 Å². The van der Waals surface area contributed by atoms with E-state index in [4.69, 9.17) is 0 Å². The molecular formula is C21H25N5. The van der Waals surface area contributed by atoms with E-state index in [1.54, 1.807) is 0 Å². The van der Waals surface area contributed by atoms with Gasteiger partial charge in [0.25, 0.3) is 0 Å². The Balaban J connectivity index is 1.37. The molecule has 4 rings (SSSR count). The minimum absolute atomic E-state index is 0.687. The maximum Gasteiger partial charge on any atom is 0.159 e. The molecular weight excluding hydrogens is 322 g/mol. The number of nitrogens with zero attached hydrogens (tertiary/aromatic N) is 4. The Morgan fingerprint density at radius 1 is 1.12 bits per heavy atom. The minimum atomic E-state index is 0.687. The third-order valence-corrected chi connectivity index (χ3v) is 5.17. The topological polar surface area (TPSA) is 57.7 Å². The van der Waals surface area contributed by atoms with E-state index in [9.17, 15) is 0 Å². The maximum atomic E-state index is 4.55. The number of hydrogen-bond donors (Lipinski definition) is 1. The molecule has 2 aromatic heterocycles. The number of nitrogens with one attached hydrogen (secondary N) is 1. The molecule has 0 amide bonds. The Bertz CT molecular complexity index is 825. The van der Waals surface area contributed by atoms with Crippen molar-refractivity contribution in [1.29, 1.82) is 0 Å². The summed E-state index contributed by atoms with van der Waals surface area (Å²) in [6.45, 7) is 5.33. The molecule has 26 heavy (non-hydrogen) atoms. The first-order valence-corrected chi connectivity index (χ1v) is 9.35.